The van der Waals surface area contributed by atoms with Crippen molar-refractivity contribution < 1.29 is 13.5 Å². The van der Waals surface area contributed by atoms with E-state index in [0.29, 0.717) is 0 Å². The number of rotatable bonds is 6. The highest BCUT2D eigenvalue weighted by Gasteiger charge is 2.24. The van der Waals surface area contributed by atoms with Crippen molar-refractivity contribution in [2.24, 2.45) is 0 Å². The quantitative estimate of drug-likeness (QED) is 0.672. The van der Waals surface area contributed by atoms with E-state index < -0.39 is 21.5 Å². The highest BCUT2D eigenvalue weighted by molar-refractivity contribution is 7.99. The van der Waals surface area contributed by atoms with E-state index >= 15 is 0 Å². The second-order valence-corrected chi connectivity index (χ2v) is 6.50. The van der Waals surface area contributed by atoms with Crippen LogP contribution in [0.1, 0.15) is 6.92 Å². The van der Waals surface area contributed by atoms with Crippen LogP contribution < -0.4 is 10.2 Å². The Bertz CT molecular complexity index is 537. The lowest BCUT2D eigenvalue weighted by molar-refractivity contribution is 0.282. The standard InChI is InChI=1S/C10H16N2O4S2/c1-7(9(6-13)17-2)12-18(15,16)10-5-11-4-3-8(10)14/h3-5,7,9,12-13H,6H2,1-2H3,(H,11,14). The summed E-state index contributed by atoms with van der Waals surface area (Å²) < 4.78 is 26.3. The monoisotopic (exact) mass is 292 g/mol. The Morgan fingerprint density at radius 1 is 1.56 bits per heavy atom. The van der Waals surface area contributed by atoms with E-state index in [1.165, 1.54) is 18.0 Å². The lowest BCUT2D eigenvalue weighted by Crippen LogP contribution is -2.42. The van der Waals surface area contributed by atoms with E-state index in [-0.39, 0.29) is 16.8 Å². The van der Waals surface area contributed by atoms with E-state index in [1.807, 2.05) is 0 Å². The van der Waals surface area contributed by atoms with Crippen molar-refractivity contribution in [1.29, 1.82) is 0 Å². The number of hydrogen-bond donors (Lipinski definition) is 3. The fraction of sp³-hybridized carbons (Fsp3) is 0.500. The van der Waals surface area contributed by atoms with Crippen LogP contribution in [0, 0.1) is 0 Å². The average Bonchev–Trinajstić information content (AvgIpc) is 2.30. The van der Waals surface area contributed by atoms with Crippen molar-refractivity contribution in [1.82, 2.24) is 9.71 Å². The maximum Gasteiger partial charge on any atom is 0.246 e. The molecule has 0 aliphatic carbocycles. The van der Waals surface area contributed by atoms with Crippen molar-refractivity contribution in [2.45, 2.75) is 23.1 Å². The van der Waals surface area contributed by atoms with E-state index in [0.717, 1.165) is 12.3 Å². The van der Waals surface area contributed by atoms with Gasteiger partial charge >= 0.3 is 0 Å². The first-order valence-electron chi connectivity index (χ1n) is 5.25. The van der Waals surface area contributed by atoms with E-state index in [1.54, 1.807) is 13.2 Å². The van der Waals surface area contributed by atoms with Crippen molar-refractivity contribution in [3.8, 4) is 0 Å². The van der Waals surface area contributed by atoms with Gasteiger partial charge in [0.15, 0.2) is 0 Å². The van der Waals surface area contributed by atoms with Gasteiger partial charge in [0.1, 0.15) is 4.90 Å². The molecular weight excluding hydrogens is 276 g/mol. The van der Waals surface area contributed by atoms with Crippen LogP contribution >= 0.6 is 11.8 Å². The summed E-state index contributed by atoms with van der Waals surface area (Å²) in [6.45, 7) is 1.50. The summed E-state index contributed by atoms with van der Waals surface area (Å²) in [6.07, 6.45) is 4.29. The molecule has 0 aliphatic heterocycles. The molecule has 1 aromatic rings. The number of hydrogen-bond acceptors (Lipinski definition) is 5. The van der Waals surface area contributed by atoms with Crippen LogP contribution in [0.5, 0.6) is 0 Å². The smallest absolute Gasteiger partial charge is 0.246 e. The molecule has 2 atom stereocenters. The predicted molar refractivity (Wildman–Crippen MR) is 71.2 cm³/mol. The van der Waals surface area contributed by atoms with E-state index in [2.05, 4.69) is 9.71 Å². The lowest BCUT2D eigenvalue weighted by atomic mass is 10.3. The van der Waals surface area contributed by atoms with Gasteiger partial charge in [0, 0.05) is 29.8 Å². The molecule has 0 fully saturated rings. The van der Waals surface area contributed by atoms with Crippen LogP contribution in [0.3, 0.4) is 0 Å². The molecule has 18 heavy (non-hydrogen) atoms. The number of aromatic nitrogens is 1. The zero-order valence-corrected chi connectivity index (χ0v) is 11.7. The van der Waals surface area contributed by atoms with Crippen molar-refractivity contribution in [3.05, 3.63) is 28.7 Å². The Balaban J connectivity index is 2.96. The number of sulfonamides is 1. The van der Waals surface area contributed by atoms with Crippen molar-refractivity contribution >= 4 is 21.8 Å². The number of aliphatic hydroxyl groups excluding tert-OH is 1. The van der Waals surface area contributed by atoms with Crippen LogP contribution in [-0.2, 0) is 10.0 Å². The number of aromatic amines is 1. The molecule has 0 aromatic carbocycles. The van der Waals surface area contributed by atoms with Gasteiger partial charge in [-0.05, 0) is 13.2 Å². The van der Waals surface area contributed by atoms with Crippen LogP contribution in [-0.4, -0.2) is 42.7 Å². The highest BCUT2D eigenvalue weighted by Crippen LogP contribution is 2.12. The Hall–Kier alpha value is -0.830. The summed E-state index contributed by atoms with van der Waals surface area (Å²) in [5, 5.41) is 8.83. The van der Waals surface area contributed by atoms with Gasteiger partial charge in [0.2, 0.25) is 15.5 Å². The summed E-state index contributed by atoms with van der Waals surface area (Å²) in [4.78, 5) is 13.7. The van der Waals surface area contributed by atoms with Crippen molar-refractivity contribution in [2.75, 3.05) is 12.9 Å². The lowest BCUT2D eigenvalue weighted by Gasteiger charge is -2.20. The van der Waals surface area contributed by atoms with Gasteiger partial charge in [-0.25, -0.2) is 13.1 Å². The molecule has 0 aliphatic rings. The van der Waals surface area contributed by atoms with Gasteiger partial charge < -0.3 is 10.1 Å². The Morgan fingerprint density at radius 2 is 2.22 bits per heavy atom. The summed E-state index contributed by atoms with van der Waals surface area (Å²) in [6, 6.07) is 0.673. The average molecular weight is 292 g/mol. The minimum absolute atomic E-state index is 0.143. The molecule has 6 nitrogen and oxygen atoms in total. The summed E-state index contributed by atoms with van der Waals surface area (Å²) >= 11 is 1.36. The zero-order chi connectivity index (χ0) is 13.8. The molecule has 0 bridgehead atoms. The Morgan fingerprint density at radius 3 is 2.72 bits per heavy atom. The number of nitrogens with one attached hydrogen (secondary N) is 2. The van der Waals surface area contributed by atoms with Crippen LogP contribution in [0.4, 0.5) is 0 Å². The molecule has 1 rings (SSSR count). The first-order chi connectivity index (χ1) is 8.42. The minimum atomic E-state index is -3.87. The molecular formula is C10H16N2O4S2. The largest absolute Gasteiger partial charge is 0.395 e. The first kappa shape index (κ1) is 15.2. The fourth-order valence-electron chi connectivity index (χ4n) is 1.43. The van der Waals surface area contributed by atoms with Crippen LogP contribution in [0.15, 0.2) is 28.2 Å². The summed E-state index contributed by atoms with van der Waals surface area (Å²) in [5.41, 5.74) is -0.571. The summed E-state index contributed by atoms with van der Waals surface area (Å²) in [7, 11) is -3.87. The Kier molecular flexibility index (Phi) is 5.39. The van der Waals surface area contributed by atoms with E-state index in [9.17, 15) is 13.2 Å². The van der Waals surface area contributed by atoms with E-state index in [4.69, 9.17) is 5.11 Å². The molecule has 1 aromatic heterocycles. The zero-order valence-electron chi connectivity index (χ0n) is 10.1. The molecule has 1 heterocycles. The number of H-pyrrole nitrogens is 1. The Labute approximate surface area is 110 Å². The number of aliphatic hydroxyl groups is 1. The van der Waals surface area contributed by atoms with Gasteiger partial charge in [-0.3, -0.25) is 4.79 Å². The van der Waals surface area contributed by atoms with Gasteiger partial charge in [0.25, 0.3) is 0 Å². The molecule has 0 spiro atoms. The van der Waals surface area contributed by atoms with Crippen LogP contribution in [0.25, 0.3) is 0 Å². The minimum Gasteiger partial charge on any atom is -0.395 e. The van der Waals surface area contributed by atoms with Gasteiger partial charge in [-0.1, -0.05) is 0 Å². The topological polar surface area (TPSA) is 99.3 Å². The van der Waals surface area contributed by atoms with Gasteiger partial charge in [-0.15, -0.1) is 0 Å². The molecule has 0 radical (unpaired) electrons. The summed E-state index contributed by atoms with van der Waals surface area (Å²) in [5.74, 6) is 0. The molecule has 0 saturated heterocycles. The third-order valence-corrected chi connectivity index (χ3v) is 5.20. The van der Waals surface area contributed by atoms with Crippen molar-refractivity contribution in [3.63, 3.8) is 0 Å². The molecule has 0 amide bonds. The van der Waals surface area contributed by atoms with Crippen LogP contribution in [0.2, 0.25) is 0 Å². The normalized spacial score (nSPS) is 15.3. The maximum atomic E-state index is 12.0. The van der Waals surface area contributed by atoms with Gasteiger partial charge in [0.05, 0.1) is 6.61 Å². The third-order valence-electron chi connectivity index (χ3n) is 2.46. The molecule has 0 saturated carbocycles. The SMILES string of the molecule is CSC(CO)C(C)NS(=O)(=O)c1c[nH]ccc1=O. The molecule has 2 unspecified atom stereocenters. The second kappa shape index (κ2) is 6.37. The predicted octanol–water partition coefficient (Wildman–Crippen LogP) is -0.234. The second-order valence-electron chi connectivity index (χ2n) is 3.74. The highest BCUT2D eigenvalue weighted by atomic mass is 32.2. The number of pyridine rings is 1. The van der Waals surface area contributed by atoms with Gasteiger partial charge in [-0.2, -0.15) is 11.8 Å². The maximum absolute atomic E-state index is 12.0. The molecule has 3 N–H and O–H groups in total. The third kappa shape index (κ3) is 3.58. The fourth-order valence-corrected chi connectivity index (χ4v) is 3.48. The first-order valence-corrected chi connectivity index (χ1v) is 8.02. The number of thioether (sulfide) groups is 1. The molecule has 102 valence electrons. The molecule has 8 heteroatoms.